The summed E-state index contributed by atoms with van der Waals surface area (Å²) in [5.41, 5.74) is 2.98. The van der Waals surface area contributed by atoms with Crippen molar-refractivity contribution >= 4 is 11.6 Å². The molecule has 0 unspecified atom stereocenters. The number of hydrogen-bond donors (Lipinski definition) is 1. The fourth-order valence-electron chi connectivity index (χ4n) is 3.30. The predicted octanol–water partition coefficient (Wildman–Crippen LogP) is 4.64. The molecule has 0 saturated carbocycles. The molecule has 0 aliphatic rings. The van der Waals surface area contributed by atoms with Gasteiger partial charge in [0.05, 0.1) is 18.4 Å². The zero-order valence-corrected chi connectivity index (χ0v) is 18.3. The van der Waals surface area contributed by atoms with E-state index >= 15 is 0 Å². The Bertz CT molecular complexity index is 1270. The number of para-hydroxylation sites is 1. The fourth-order valence-corrected chi connectivity index (χ4v) is 3.30. The summed E-state index contributed by atoms with van der Waals surface area (Å²) in [6.07, 6.45) is 0. The summed E-state index contributed by atoms with van der Waals surface area (Å²) in [4.78, 5) is 21.4. The average Bonchev–Trinajstić information content (AvgIpc) is 3.12. The van der Waals surface area contributed by atoms with Crippen LogP contribution in [0.3, 0.4) is 0 Å². The second-order valence-corrected chi connectivity index (χ2v) is 7.23. The van der Waals surface area contributed by atoms with Gasteiger partial charge >= 0.3 is 0 Å². The average molecular weight is 429 g/mol. The molecule has 0 spiro atoms. The Labute approximate surface area is 185 Å². The molecule has 1 amide bonds. The first-order valence-corrected chi connectivity index (χ1v) is 10.0. The van der Waals surface area contributed by atoms with Gasteiger partial charge in [0, 0.05) is 17.4 Å². The van der Waals surface area contributed by atoms with Gasteiger partial charge in [0.15, 0.2) is 5.82 Å². The van der Waals surface area contributed by atoms with E-state index in [1.165, 1.54) is 7.11 Å². The zero-order chi connectivity index (χ0) is 22.7. The fraction of sp³-hybridized carbons (Fsp3) is 0.167. The Hall–Kier alpha value is -4.20. The summed E-state index contributed by atoms with van der Waals surface area (Å²) in [5, 5.41) is 7.33. The van der Waals surface area contributed by atoms with Gasteiger partial charge in [0.1, 0.15) is 17.3 Å². The number of methoxy groups -OCH3 is 1. The number of aromatic nitrogens is 4. The molecule has 1 N–H and O–H groups in total. The molecule has 162 valence electrons. The smallest absolute Gasteiger partial charge is 0.259 e. The highest BCUT2D eigenvalue weighted by atomic mass is 16.5. The molecule has 0 radical (unpaired) electrons. The van der Waals surface area contributed by atoms with Crippen LogP contribution in [0.15, 0.2) is 60.7 Å². The standard InChI is InChI=1S/C24H23N5O3/c1-15-13-16(2)29(28-15)22-14-23(26-17(3)25-22)32-19-11-9-18(10-12-19)27-24(30)20-7-5-6-8-21(20)31-4/h5-14H,1-4H3,(H,27,30). The molecule has 8 heteroatoms. The molecule has 2 heterocycles. The number of rotatable bonds is 6. The third-order valence-corrected chi connectivity index (χ3v) is 4.71. The SMILES string of the molecule is COc1ccccc1C(=O)Nc1ccc(Oc2cc(-n3nc(C)cc3C)nc(C)n2)cc1. The molecular weight excluding hydrogens is 406 g/mol. The van der Waals surface area contributed by atoms with E-state index < -0.39 is 0 Å². The van der Waals surface area contributed by atoms with Gasteiger partial charge in [-0.25, -0.2) is 9.67 Å². The maximum Gasteiger partial charge on any atom is 0.259 e. The van der Waals surface area contributed by atoms with E-state index in [0.29, 0.717) is 40.3 Å². The first-order valence-electron chi connectivity index (χ1n) is 10.0. The minimum atomic E-state index is -0.253. The van der Waals surface area contributed by atoms with Crippen molar-refractivity contribution in [3.05, 3.63) is 83.4 Å². The summed E-state index contributed by atoms with van der Waals surface area (Å²) in [6, 6.07) is 17.8. The van der Waals surface area contributed by atoms with Crippen molar-refractivity contribution in [2.45, 2.75) is 20.8 Å². The first kappa shape index (κ1) is 21.0. The van der Waals surface area contributed by atoms with Crippen LogP contribution in [0.4, 0.5) is 5.69 Å². The highest BCUT2D eigenvalue weighted by Crippen LogP contribution is 2.25. The Morgan fingerprint density at radius 1 is 0.969 bits per heavy atom. The number of carbonyl (C=O) groups excluding carboxylic acids is 1. The van der Waals surface area contributed by atoms with Crippen LogP contribution < -0.4 is 14.8 Å². The lowest BCUT2D eigenvalue weighted by molar-refractivity contribution is 0.102. The number of nitrogens with one attached hydrogen (secondary N) is 1. The number of ether oxygens (including phenoxy) is 2. The molecular formula is C24H23N5O3. The van der Waals surface area contributed by atoms with E-state index in [2.05, 4.69) is 20.4 Å². The van der Waals surface area contributed by atoms with Gasteiger partial charge in [0.25, 0.3) is 5.91 Å². The van der Waals surface area contributed by atoms with Crippen LogP contribution in [-0.4, -0.2) is 32.8 Å². The predicted molar refractivity (Wildman–Crippen MR) is 121 cm³/mol. The first-order chi connectivity index (χ1) is 15.4. The number of anilines is 1. The molecule has 32 heavy (non-hydrogen) atoms. The number of benzene rings is 2. The normalized spacial score (nSPS) is 10.6. The lowest BCUT2D eigenvalue weighted by atomic mass is 10.2. The number of nitrogens with zero attached hydrogens (tertiary/aromatic N) is 4. The molecule has 2 aromatic heterocycles. The van der Waals surface area contributed by atoms with Crippen LogP contribution in [0.1, 0.15) is 27.6 Å². The molecule has 0 aliphatic carbocycles. The van der Waals surface area contributed by atoms with Gasteiger partial charge < -0.3 is 14.8 Å². The van der Waals surface area contributed by atoms with Crippen LogP contribution in [-0.2, 0) is 0 Å². The molecule has 0 fully saturated rings. The van der Waals surface area contributed by atoms with Crippen molar-refractivity contribution in [3.63, 3.8) is 0 Å². The highest BCUT2D eigenvalue weighted by molar-refractivity contribution is 6.06. The minimum absolute atomic E-state index is 0.253. The third-order valence-electron chi connectivity index (χ3n) is 4.71. The van der Waals surface area contributed by atoms with E-state index in [1.807, 2.05) is 26.0 Å². The van der Waals surface area contributed by atoms with Gasteiger partial charge in [-0.3, -0.25) is 4.79 Å². The topological polar surface area (TPSA) is 91.2 Å². The Morgan fingerprint density at radius 2 is 1.72 bits per heavy atom. The second-order valence-electron chi connectivity index (χ2n) is 7.23. The number of aryl methyl sites for hydroxylation is 3. The molecule has 8 nitrogen and oxygen atoms in total. The van der Waals surface area contributed by atoms with Gasteiger partial charge in [-0.1, -0.05) is 12.1 Å². The Kier molecular flexibility index (Phi) is 5.85. The second kappa shape index (κ2) is 8.89. The Morgan fingerprint density at radius 3 is 2.41 bits per heavy atom. The molecule has 0 aliphatic heterocycles. The van der Waals surface area contributed by atoms with Crippen molar-refractivity contribution < 1.29 is 14.3 Å². The molecule has 4 aromatic rings. The number of hydrogen-bond acceptors (Lipinski definition) is 6. The summed E-state index contributed by atoms with van der Waals surface area (Å²) >= 11 is 0. The van der Waals surface area contributed by atoms with Crippen LogP contribution in [0.2, 0.25) is 0 Å². The quantitative estimate of drug-likeness (QED) is 0.480. The van der Waals surface area contributed by atoms with E-state index in [9.17, 15) is 4.79 Å². The van der Waals surface area contributed by atoms with Crippen molar-refractivity contribution in [1.82, 2.24) is 19.7 Å². The van der Waals surface area contributed by atoms with Gasteiger partial charge in [-0.2, -0.15) is 10.1 Å². The Balaban J connectivity index is 1.49. The van der Waals surface area contributed by atoms with Crippen molar-refractivity contribution in [3.8, 4) is 23.2 Å². The molecule has 0 atom stereocenters. The van der Waals surface area contributed by atoms with Crippen molar-refractivity contribution in [2.24, 2.45) is 0 Å². The van der Waals surface area contributed by atoms with E-state index in [0.717, 1.165) is 11.4 Å². The molecule has 4 rings (SSSR count). The molecule has 2 aromatic carbocycles. The van der Waals surface area contributed by atoms with Crippen LogP contribution >= 0.6 is 0 Å². The van der Waals surface area contributed by atoms with Crippen LogP contribution in [0, 0.1) is 20.8 Å². The maximum absolute atomic E-state index is 12.6. The summed E-state index contributed by atoms with van der Waals surface area (Å²) < 4.78 is 12.9. The lowest BCUT2D eigenvalue weighted by Crippen LogP contribution is -2.13. The van der Waals surface area contributed by atoms with E-state index in [-0.39, 0.29) is 5.91 Å². The van der Waals surface area contributed by atoms with Crippen LogP contribution in [0.5, 0.6) is 17.4 Å². The molecule has 0 saturated heterocycles. The number of amides is 1. The maximum atomic E-state index is 12.6. The van der Waals surface area contributed by atoms with E-state index in [1.54, 1.807) is 60.1 Å². The highest BCUT2D eigenvalue weighted by Gasteiger charge is 2.12. The third kappa shape index (κ3) is 4.59. The summed E-state index contributed by atoms with van der Waals surface area (Å²) in [7, 11) is 1.54. The van der Waals surface area contributed by atoms with Gasteiger partial charge in [-0.15, -0.1) is 0 Å². The van der Waals surface area contributed by atoms with Crippen molar-refractivity contribution in [2.75, 3.05) is 12.4 Å². The monoisotopic (exact) mass is 429 g/mol. The zero-order valence-electron chi connectivity index (χ0n) is 18.3. The summed E-state index contributed by atoms with van der Waals surface area (Å²) in [6.45, 7) is 5.71. The number of carbonyl (C=O) groups is 1. The van der Waals surface area contributed by atoms with Crippen LogP contribution in [0.25, 0.3) is 5.82 Å². The van der Waals surface area contributed by atoms with E-state index in [4.69, 9.17) is 9.47 Å². The summed E-state index contributed by atoms with van der Waals surface area (Å²) in [5.74, 6) is 2.47. The minimum Gasteiger partial charge on any atom is -0.496 e. The van der Waals surface area contributed by atoms with Gasteiger partial charge in [-0.05, 0) is 63.2 Å². The largest absolute Gasteiger partial charge is 0.496 e. The van der Waals surface area contributed by atoms with Crippen molar-refractivity contribution in [1.29, 1.82) is 0 Å². The van der Waals surface area contributed by atoms with Gasteiger partial charge in [0.2, 0.25) is 5.88 Å². The lowest BCUT2D eigenvalue weighted by Gasteiger charge is -2.11. The molecule has 0 bridgehead atoms.